The normalized spacial score (nSPS) is 44.0. The second-order valence-electron chi connectivity index (χ2n) is 18.5. The smallest absolute Gasteiger partial charge is 0.308 e. The number of aliphatic hydroxyl groups is 11. The van der Waals surface area contributed by atoms with E-state index < -0.39 is 160 Å². The largest absolute Gasteiger partial charge is 0.462 e. The Labute approximate surface area is 404 Å². The summed E-state index contributed by atoms with van der Waals surface area (Å²) in [6, 6.07) is -1.16. The van der Waals surface area contributed by atoms with Crippen molar-refractivity contribution in [3.05, 3.63) is 85.1 Å². The Bertz CT molecular complexity index is 1760. The van der Waals surface area contributed by atoms with E-state index in [1.807, 2.05) is 25.2 Å². The predicted molar refractivity (Wildman–Crippen MR) is 253 cm³/mol. The zero-order chi connectivity index (χ0) is 51.4. The van der Waals surface area contributed by atoms with Gasteiger partial charge in [0.15, 0.2) is 12.1 Å². The number of allylic oxidation sites excluding steroid dienone is 12. The molecule has 0 aromatic heterocycles. The molecular formula is C49H79N3O17. The van der Waals surface area contributed by atoms with E-state index in [-0.39, 0.29) is 31.6 Å². The van der Waals surface area contributed by atoms with Crippen LogP contribution in [-0.4, -0.2) is 178 Å². The van der Waals surface area contributed by atoms with Gasteiger partial charge < -0.3 is 91.9 Å². The van der Waals surface area contributed by atoms with Crippen LogP contribution >= 0.6 is 0 Å². The predicted octanol–water partition coefficient (Wildman–Crippen LogP) is -0.980. The zero-order valence-corrected chi connectivity index (χ0v) is 39.9. The number of aliphatic hydroxyl groups excluding tert-OH is 10. The van der Waals surface area contributed by atoms with Crippen LogP contribution < -0.4 is 16.8 Å². The van der Waals surface area contributed by atoms with E-state index in [0.29, 0.717) is 0 Å². The highest BCUT2D eigenvalue weighted by molar-refractivity contribution is 5.80. The van der Waals surface area contributed by atoms with Crippen LogP contribution in [0.25, 0.3) is 0 Å². The number of nitrogens with two attached hydrogens (primary N) is 2. The van der Waals surface area contributed by atoms with Gasteiger partial charge in [0.1, 0.15) is 18.4 Å². The monoisotopic (exact) mass is 982 g/mol. The highest BCUT2D eigenvalue weighted by Crippen LogP contribution is 2.38. The van der Waals surface area contributed by atoms with Crippen molar-refractivity contribution in [1.29, 1.82) is 0 Å². The Morgan fingerprint density at radius 2 is 1.30 bits per heavy atom. The summed E-state index contributed by atoms with van der Waals surface area (Å²) in [5, 5.41) is 121. The van der Waals surface area contributed by atoms with Gasteiger partial charge in [0.2, 0.25) is 5.91 Å². The maximum Gasteiger partial charge on any atom is 0.308 e. The molecule has 0 aliphatic carbocycles. The summed E-state index contributed by atoms with van der Waals surface area (Å²) in [6.45, 7) is 6.35. The van der Waals surface area contributed by atoms with Crippen LogP contribution in [0.5, 0.6) is 0 Å². The molecule has 1 amide bonds. The van der Waals surface area contributed by atoms with Crippen molar-refractivity contribution in [3.8, 4) is 0 Å². The lowest BCUT2D eigenvalue weighted by Crippen LogP contribution is -2.62. The number of carbonyl (C=O) groups excluding carboxylic acids is 2. The second kappa shape index (κ2) is 29.7. The molecule has 0 aromatic carbocycles. The van der Waals surface area contributed by atoms with Gasteiger partial charge in [-0.3, -0.25) is 9.59 Å². The molecule has 0 spiro atoms. The Kier molecular flexibility index (Phi) is 25.8. The van der Waals surface area contributed by atoms with Gasteiger partial charge >= 0.3 is 5.97 Å². The summed E-state index contributed by atoms with van der Waals surface area (Å²) >= 11 is 0. The van der Waals surface area contributed by atoms with Crippen LogP contribution in [0.1, 0.15) is 79.1 Å². The molecule has 0 unspecified atom stereocenters. The molecule has 3 rings (SSSR count). The van der Waals surface area contributed by atoms with Gasteiger partial charge in [-0.25, -0.2) is 0 Å². The first-order valence-electron chi connectivity index (χ1n) is 23.7. The van der Waals surface area contributed by atoms with E-state index in [9.17, 15) is 65.8 Å². The van der Waals surface area contributed by atoms with Crippen molar-refractivity contribution in [2.75, 3.05) is 6.54 Å². The summed E-state index contributed by atoms with van der Waals surface area (Å²) in [5.74, 6) is -6.02. The maximum absolute atomic E-state index is 13.5. The van der Waals surface area contributed by atoms with Crippen LogP contribution in [0.4, 0.5) is 0 Å². The molecular weight excluding hydrogens is 903 g/mol. The van der Waals surface area contributed by atoms with Gasteiger partial charge in [0.05, 0.1) is 92.1 Å². The Morgan fingerprint density at radius 1 is 0.725 bits per heavy atom. The maximum atomic E-state index is 13.5. The average molecular weight is 982 g/mol. The number of rotatable bonds is 5. The molecule has 69 heavy (non-hydrogen) atoms. The molecule has 20 nitrogen and oxygen atoms in total. The Hall–Kier alpha value is -3.52. The third kappa shape index (κ3) is 20.6. The number of amides is 1. The van der Waals surface area contributed by atoms with Gasteiger partial charge in [-0.1, -0.05) is 98.9 Å². The standard InChI is InChI=1S/C49H79N3O17/c1-28-17-15-13-11-9-7-5-6-8-10-12-14-16-18-35(68-48-46(63)43(51)45(62)31(4)67-48)24-39-42(47(64)52-27-40(50)59)38(58)26-49(65,69-39)25-34(55)22-37(57)36(56)20-19-32(53)21-33(54)23-41(60)66-30(3)29(2)44(28)61/h5-18,28-40,42-46,48,53-59,61-63,65H,19-27,50-51H2,1-4H3,(H,52,64)/b6-5+,9-7+,10-8+,13-11+,14-12+,17-15+,18-16+/t28-,29-,30-,31+,32+,33+,34-,35-,36+,37+,38-,39-,40+,42+,43-,44+,45+,46-,48-,49+/m0/s1. The molecule has 3 heterocycles. The SMILES string of the molecule is C[C@@H]1[C@H](O)[C@@H](C)/C=C/C=C/C=C/C=C/C=C/C=C/C=C/[C@H](O[C@@H]2O[C@H](C)[C@@H](O)[C@H](N)[C@@H]2O)C[C@@H]2O[C@](O)(C[C@@H](O)C[C@@H](O)[C@H](O)CC[C@@H](O)C[C@@H](O)CC(=O)O[C@H]1C)C[C@H](O)[C@H]2C(=O)NC[C@H](N)O. The molecule has 3 aliphatic rings. The van der Waals surface area contributed by atoms with E-state index in [1.165, 1.54) is 6.92 Å². The molecule has 392 valence electrons. The number of cyclic esters (lactones) is 1. The first kappa shape index (κ1) is 59.8. The molecule has 16 N–H and O–H groups in total. The van der Waals surface area contributed by atoms with Crippen molar-refractivity contribution >= 4 is 11.9 Å². The number of ether oxygens (including phenoxy) is 4. The minimum Gasteiger partial charge on any atom is -0.462 e. The van der Waals surface area contributed by atoms with E-state index in [2.05, 4.69) is 5.32 Å². The molecule has 0 saturated carbocycles. The minimum atomic E-state index is -2.33. The van der Waals surface area contributed by atoms with Gasteiger partial charge in [0.25, 0.3) is 0 Å². The first-order valence-corrected chi connectivity index (χ1v) is 23.7. The lowest BCUT2D eigenvalue weighted by atomic mass is 9.82. The van der Waals surface area contributed by atoms with E-state index >= 15 is 0 Å². The van der Waals surface area contributed by atoms with Crippen molar-refractivity contribution in [3.63, 3.8) is 0 Å². The molecule has 2 fully saturated rings. The van der Waals surface area contributed by atoms with E-state index in [4.69, 9.17) is 30.4 Å². The van der Waals surface area contributed by atoms with Crippen LogP contribution in [0, 0.1) is 17.8 Å². The summed E-state index contributed by atoms with van der Waals surface area (Å²) in [7, 11) is 0. The van der Waals surface area contributed by atoms with Crippen molar-refractivity contribution < 1.29 is 84.7 Å². The fourth-order valence-electron chi connectivity index (χ4n) is 8.31. The molecule has 3 aliphatic heterocycles. The van der Waals surface area contributed by atoms with Crippen LogP contribution in [0.2, 0.25) is 0 Å². The number of hydrogen-bond donors (Lipinski definition) is 14. The van der Waals surface area contributed by atoms with Crippen LogP contribution in [0.15, 0.2) is 85.1 Å². The quantitative estimate of drug-likeness (QED) is 0.116. The molecule has 20 heteroatoms. The highest BCUT2D eigenvalue weighted by atomic mass is 16.7. The number of fused-ring (bicyclic) bond motifs is 2. The van der Waals surface area contributed by atoms with Crippen LogP contribution in [-0.2, 0) is 28.5 Å². The molecule has 2 saturated heterocycles. The number of hydrogen-bond acceptors (Lipinski definition) is 19. The van der Waals surface area contributed by atoms with E-state index in [1.54, 1.807) is 80.7 Å². The van der Waals surface area contributed by atoms with E-state index in [0.717, 1.165) is 0 Å². The summed E-state index contributed by atoms with van der Waals surface area (Å²) in [6.07, 6.45) is 2.18. The lowest BCUT2D eigenvalue weighted by molar-refractivity contribution is -0.307. The molecule has 0 aromatic rings. The summed E-state index contributed by atoms with van der Waals surface area (Å²) in [5.41, 5.74) is 11.5. The highest BCUT2D eigenvalue weighted by Gasteiger charge is 2.51. The molecule has 2 bridgehead atoms. The number of esters is 1. The first-order chi connectivity index (χ1) is 32.5. The fraction of sp³-hybridized carbons (Fsp3) is 0.673. The third-order valence-corrected chi connectivity index (χ3v) is 12.5. The summed E-state index contributed by atoms with van der Waals surface area (Å²) < 4.78 is 23.5. The van der Waals surface area contributed by atoms with Gasteiger partial charge in [-0.2, -0.15) is 0 Å². The third-order valence-electron chi connectivity index (χ3n) is 12.5. The Morgan fingerprint density at radius 3 is 1.90 bits per heavy atom. The topological polar surface area (TPSA) is 358 Å². The summed E-state index contributed by atoms with van der Waals surface area (Å²) in [4.78, 5) is 26.2. The van der Waals surface area contributed by atoms with Gasteiger partial charge in [0, 0.05) is 37.5 Å². The molecule has 0 radical (unpaired) electrons. The average Bonchev–Trinajstić information content (AvgIpc) is 3.26. The van der Waals surface area contributed by atoms with Gasteiger partial charge in [-0.05, 0) is 33.1 Å². The van der Waals surface area contributed by atoms with Gasteiger partial charge in [-0.15, -0.1) is 0 Å². The Balaban J connectivity index is 1.92. The van der Waals surface area contributed by atoms with Crippen LogP contribution in [0.3, 0.4) is 0 Å². The van der Waals surface area contributed by atoms with Crippen molar-refractivity contribution in [2.45, 2.75) is 183 Å². The minimum absolute atomic E-state index is 0.113. The zero-order valence-electron chi connectivity index (χ0n) is 39.9. The number of carbonyl (C=O) groups is 2. The van der Waals surface area contributed by atoms with Crippen molar-refractivity contribution in [1.82, 2.24) is 5.32 Å². The van der Waals surface area contributed by atoms with Crippen molar-refractivity contribution in [2.24, 2.45) is 29.2 Å². The molecule has 20 atom stereocenters. The fourth-order valence-corrected chi connectivity index (χ4v) is 8.31. The lowest BCUT2D eigenvalue weighted by Gasteiger charge is -2.46. The second-order valence-corrected chi connectivity index (χ2v) is 18.5. The number of nitrogens with one attached hydrogen (secondary N) is 1.